The van der Waals surface area contributed by atoms with E-state index in [2.05, 4.69) is 0 Å². The molecule has 0 spiro atoms. The van der Waals surface area contributed by atoms with Crippen molar-refractivity contribution >= 4 is 23.9 Å². The third kappa shape index (κ3) is 2.03. The van der Waals surface area contributed by atoms with E-state index in [1.54, 1.807) is 6.07 Å². The maximum Gasteiger partial charge on any atom is 0.128 e. The normalized spacial score (nSPS) is 8.67. The Morgan fingerprint density at radius 3 is 2.42 bits per heavy atom. The van der Waals surface area contributed by atoms with Gasteiger partial charge in [0.1, 0.15) is 11.6 Å². The summed E-state index contributed by atoms with van der Waals surface area (Å²) in [5.41, 5.74) is 11.3. The van der Waals surface area contributed by atoms with Gasteiger partial charge >= 0.3 is 0 Å². The number of phenolic OH excluding ortho intramolecular Hbond substituents is 1. The molecule has 4 nitrogen and oxygen atoms in total. The van der Waals surface area contributed by atoms with Gasteiger partial charge < -0.3 is 16.6 Å². The number of rotatable bonds is 1. The van der Waals surface area contributed by atoms with E-state index in [0.29, 0.717) is 11.3 Å². The van der Waals surface area contributed by atoms with E-state index in [9.17, 15) is 0 Å². The van der Waals surface area contributed by atoms with E-state index < -0.39 is 0 Å². The number of benzene rings is 1. The van der Waals surface area contributed by atoms with Crippen LogP contribution in [-0.4, -0.2) is 10.9 Å². The summed E-state index contributed by atoms with van der Waals surface area (Å²) in [4.78, 5) is 0. The van der Waals surface area contributed by atoms with Crippen LogP contribution < -0.4 is 11.5 Å². The highest BCUT2D eigenvalue weighted by Crippen LogP contribution is 2.18. The third-order valence-corrected chi connectivity index (χ3v) is 1.31. The van der Waals surface area contributed by atoms with Crippen molar-refractivity contribution in [3.8, 4) is 5.75 Å². The summed E-state index contributed by atoms with van der Waals surface area (Å²) < 4.78 is 0. The minimum Gasteiger partial charge on any atom is -0.507 e. The number of nitrogens with two attached hydrogens (primary N) is 2. The van der Waals surface area contributed by atoms with Crippen molar-refractivity contribution < 1.29 is 5.11 Å². The quantitative estimate of drug-likeness (QED) is 0.296. The van der Waals surface area contributed by atoms with Gasteiger partial charge in [-0.25, -0.2) is 0 Å². The van der Waals surface area contributed by atoms with E-state index in [4.69, 9.17) is 22.0 Å². The van der Waals surface area contributed by atoms with Crippen LogP contribution in [0.2, 0.25) is 0 Å². The van der Waals surface area contributed by atoms with Crippen molar-refractivity contribution in [1.82, 2.24) is 0 Å². The molecule has 66 valence electrons. The summed E-state index contributed by atoms with van der Waals surface area (Å²) in [6.45, 7) is 0. The Morgan fingerprint density at radius 2 is 2.00 bits per heavy atom. The number of hydrogen-bond donors (Lipinski definition) is 4. The molecule has 0 unspecified atom stereocenters. The maximum absolute atomic E-state index is 9.16. The Labute approximate surface area is 76.1 Å². The van der Waals surface area contributed by atoms with E-state index in [0.717, 1.165) is 0 Å². The fourth-order valence-corrected chi connectivity index (χ4v) is 0.776. The minimum absolute atomic E-state index is 0. The molecule has 0 aliphatic carbocycles. The lowest BCUT2D eigenvalue weighted by Gasteiger charge is -2.01. The summed E-state index contributed by atoms with van der Waals surface area (Å²) in [6, 6.07) is 4.44. The van der Waals surface area contributed by atoms with Crippen molar-refractivity contribution in [2.75, 3.05) is 5.73 Å². The molecule has 0 bridgehead atoms. The molecule has 0 saturated heterocycles. The summed E-state index contributed by atoms with van der Waals surface area (Å²) in [5, 5.41) is 16.2. The average molecular weight is 188 g/mol. The first-order chi connectivity index (χ1) is 5.11. The number of anilines is 1. The zero-order valence-corrected chi connectivity index (χ0v) is 7.06. The van der Waals surface area contributed by atoms with Crippen LogP contribution in [0.15, 0.2) is 18.2 Å². The molecule has 0 atom stereocenters. The SMILES string of the molecule is Cl.N=C(N)c1ccc(N)cc1O. The highest BCUT2D eigenvalue weighted by Gasteiger charge is 2.02. The van der Waals surface area contributed by atoms with Crippen LogP contribution in [0.1, 0.15) is 5.56 Å². The molecule has 5 heteroatoms. The second kappa shape index (κ2) is 3.82. The zero-order valence-electron chi connectivity index (χ0n) is 6.24. The molecule has 0 aromatic heterocycles. The molecule has 6 N–H and O–H groups in total. The fourth-order valence-electron chi connectivity index (χ4n) is 0.776. The summed E-state index contributed by atoms with van der Waals surface area (Å²) in [7, 11) is 0. The molecule has 1 rings (SSSR count). The molecular weight excluding hydrogens is 178 g/mol. The monoisotopic (exact) mass is 187 g/mol. The smallest absolute Gasteiger partial charge is 0.128 e. The number of halogens is 1. The van der Waals surface area contributed by atoms with Gasteiger partial charge in [0.25, 0.3) is 0 Å². The zero-order chi connectivity index (χ0) is 8.43. The average Bonchev–Trinajstić information content (AvgIpc) is 1.85. The Morgan fingerprint density at radius 1 is 1.42 bits per heavy atom. The van der Waals surface area contributed by atoms with Gasteiger partial charge in [-0.05, 0) is 12.1 Å². The summed E-state index contributed by atoms with van der Waals surface area (Å²) in [5.74, 6) is -0.222. The highest BCUT2D eigenvalue weighted by molar-refractivity contribution is 5.97. The maximum atomic E-state index is 9.16. The van der Waals surface area contributed by atoms with Gasteiger partial charge in [0.05, 0.1) is 5.56 Å². The Balaban J connectivity index is 0.00000121. The van der Waals surface area contributed by atoms with Crippen LogP contribution in [0.3, 0.4) is 0 Å². The van der Waals surface area contributed by atoms with E-state index in [1.807, 2.05) is 0 Å². The van der Waals surface area contributed by atoms with Crippen molar-refractivity contribution in [3.05, 3.63) is 23.8 Å². The van der Waals surface area contributed by atoms with Crippen LogP contribution in [-0.2, 0) is 0 Å². The van der Waals surface area contributed by atoms with Gasteiger partial charge in [-0.1, -0.05) is 0 Å². The molecule has 1 aromatic rings. The van der Waals surface area contributed by atoms with Crippen molar-refractivity contribution in [2.45, 2.75) is 0 Å². The number of nitrogens with one attached hydrogen (secondary N) is 1. The van der Waals surface area contributed by atoms with Gasteiger partial charge in [0.2, 0.25) is 0 Å². The molecule has 0 heterocycles. The Hall–Kier alpha value is -1.42. The van der Waals surface area contributed by atoms with Crippen LogP contribution in [0.4, 0.5) is 5.69 Å². The van der Waals surface area contributed by atoms with Crippen LogP contribution >= 0.6 is 12.4 Å². The molecule has 0 amide bonds. The lowest BCUT2D eigenvalue weighted by Crippen LogP contribution is -2.11. The first-order valence-electron chi connectivity index (χ1n) is 3.04. The van der Waals surface area contributed by atoms with Gasteiger partial charge in [0, 0.05) is 11.8 Å². The number of hydrogen-bond acceptors (Lipinski definition) is 3. The van der Waals surface area contributed by atoms with Crippen molar-refractivity contribution in [3.63, 3.8) is 0 Å². The summed E-state index contributed by atoms with van der Waals surface area (Å²) >= 11 is 0. The van der Waals surface area contributed by atoms with Crippen LogP contribution in [0.25, 0.3) is 0 Å². The van der Waals surface area contributed by atoms with Gasteiger partial charge in [-0.3, -0.25) is 5.41 Å². The molecule has 1 aromatic carbocycles. The van der Waals surface area contributed by atoms with Gasteiger partial charge in [-0.15, -0.1) is 12.4 Å². The van der Waals surface area contributed by atoms with Crippen LogP contribution in [0.5, 0.6) is 5.75 Å². The predicted molar refractivity (Wildman–Crippen MR) is 50.8 cm³/mol. The van der Waals surface area contributed by atoms with Gasteiger partial charge in [0.15, 0.2) is 0 Å². The molecule has 0 radical (unpaired) electrons. The summed E-state index contributed by atoms with van der Waals surface area (Å²) in [6.07, 6.45) is 0. The molecule has 0 saturated carbocycles. The molecule has 12 heavy (non-hydrogen) atoms. The number of amidine groups is 1. The first-order valence-corrected chi connectivity index (χ1v) is 3.04. The van der Waals surface area contributed by atoms with E-state index in [1.165, 1.54) is 12.1 Å². The van der Waals surface area contributed by atoms with E-state index in [-0.39, 0.29) is 24.0 Å². The minimum atomic E-state index is -0.164. The molecule has 0 aliphatic rings. The first kappa shape index (κ1) is 10.6. The predicted octanol–water partition coefficient (Wildman–Crippen LogP) is 0.680. The number of phenols is 1. The third-order valence-electron chi connectivity index (χ3n) is 1.31. The second-order valence-electron chi connectivity index (χ2n) is 2.19. The van der Waals surface area contributed by atoms with E-state index >= 15 is 0 Å². The number of nitrogen functional groups attached to an aromatic ring is 2. The van der Waals surface area contributed by atoms with Gasteiger partial charge in [-0.2, -0.15) is 0 Å². The molecule has 0 aliphatic heterocycles. The van der Waals surface area contributed by atoms with Crippen LogP contribution in [0, 0.1) is 5.41 Å². The van der Waals surface area contributed by atoms with Crippen molar-refractivity contribution in [1.29, 1.82) is 5.41 Å². The lowest BCUT2D eigenvalue weighted by molar-refractivity contribution is 0.474. The highest BCUT2D eigenvalue weighted by atomic mass is 35.5. The number of aromatic hydroxyl groups is 1. The Kier molecular flexibility index (Phi) is 3.37. The van der Waals surface area contributed by atoms with Crippen molar-refractivity contribution in [2.24, 2.45) is 5.73 Å². The lowest BCUT2D eigenvalue weighted by atomic mass is 10.1. The second-order valence-corrected chi connectivity index (χ2v) is 2.19. The standard InChI is InChI=1S/C7H9N3O.ClH/c8-4-1-2-5(7(9)10)6(11)3-4;/h1-3,11H,8H2,(H3,9,10);1H. The largest absolute Gasteiger partial charge is 0.507 e. The molecular formula is C7H10ClN3O. The molecule has 0 fully saturated rings. The topological polar surface area (TPSA) is 96.1 Å². The fraction of sp³-hybridized carbons (Fsp3) is 0. The Bertz CT molecular complexity index is 301.